The molecule has 30 heavy (non-hydrogen) atoms. The number of rotatable bonds is 9. The second kappa shape index (κ2) is 10.3. The normalized spacial score (nSPS) is 17.7. The lowest BCUT2D eigenvalue weighted by Crippen LogP contribution is -2.40. The Morgan fingerprint density at radius 3 is 2.77 bits per heavy atom. The Hall–Kier alpha value is -2.12. The van der Waals surface area contributed by atoms with Gasteiger partial charge in [-0.05, 0) is 62.9 Å². The quantitative estimate of drug-likeness (QED) is 0.607. The molecule has 1 aliphatic rings. The van der Waals surface area contributed by atoms with Gasteiger partial charge >= 0.3 is 0 Å². The molecule has 1 N–H and O–H groups in total. The summed E-state index contributed by atoms with van der Waals surface area (Å²) < 4.78 is 30.8. The van der Waals surface area contributed by atoms with Gasteiger partial charge in [-0.15, -0.1) is 0 Å². The number of carbonyl (C=O) groups is 1. The van der Waals surface area contributed by atoms with Gasteiger partial charge < -0.3 is 14.6 Å². The number of piperidine rings is 1. The molecule has 1 aromatic heterocycles. The molecule has 2 heterocycles. The van der Waals surface area contributed by atoms with E-state index in [2.05, 4.69) is 17.1 Å². The van der Waals surface area contributed by atoms with Crippen LogP contribution in [-0.4, -0.2) is 44.9 Å². The summed E-state index contributed by atoms with van der Waals surface area (Å²) in [6.07, 6.45) is 5.89. The first-order valence-electron chi connectivity index (χ1n) is 10.8. The molecular weight excluding hydrogens is 400 g/mol. The zero-order valence-corrected chi connectivity index (χ0v) is 18.7. The maximum absolute atomic E-state index is 12.6. The average molecular weight is 433 g/mol. The number of benzene rings is 1. The maximum atomic E-state index is 12.6. The van der Waals surface area contributed by atoms with Crippen LogP contribution in [0, 0.1) is 6.92 Å². The second-order valence-corrected chi connectivity index (χ2v) is 9.95. The third-order valence-corrected chi connectivity index (χ3v) is 7.57. The number of sulfone groups is 1. The summed E-state index contributed by atoms with van der Waals surface area (Å²) in [5, 5.41) is 2.88. The zero-order chi connectivity index (χ0) is 21.6. The number of hydrogen-bond donors (Lipinski definition) is 1. The molecule has 164 valence electrons. The highest BCUT2D eigenvalue weighted by molar-refractivity contribution is 7.90. The van der Waals surface area contributed by atoms with Crippen molar-refractivity contribution in [1.29, 1.82) is 0 Å². The lowest BCUT2D eigenvalue weighted by molar-refractivity contribution is 0.0918. The van der Waals surface area contributed by atoms with E-state index in [1.165, 1.54) is 31.7 Å². The van der Waals surface area contributed by atoms with Gasteiger partial charge in [0.05, 0.1) is 4.90 Å². The Balaban J connectivity index is 1.49. The number of furan rings is 1. The zero-order valence-electron chi connectivity index (χ0n) is 17.9. The lowest BCUT2D eigenvalue weighted by atomic mass is 10.00. The van der Waals surface area contributed by atoms with E-state index in [0.717, 1.165) is 19.5 Å². The van der Waals surface area contributed by atoms with E-state index in [1.807, 2.05) is 0 Å². The first kappa shape index (κ1) is 22.6. The fourth-order valence-electron chi connectivity index (χ4n) is 4.14. The number of hydrogen-bond acceptors (Lipinski definition) is 5. The molecular formula is C23H32N2O4S. The van der Waals surface area contributed by atoms with Crippen molar-refractivity contribution in [3.05, 3.63) is 53.5 Å². The summed E-state index contributed by atoms with van der Waals surface area (Å²) in [6, 6.07) is 10.6. The Morgan fingerprint density at radius 1 is 1.20 bits per heavy atom. The highest BCUT2D eigenvalue weighted by Gasteiger charge is 2.22. The van der Waals surface area contributed by atoms with Crippen molar-refractivity contribution in [2.75, 3.05) is 19.6 Å². The summed E-state index contributed by atoms with van der Waals surface area (Å²) in [5.41, 5.74) is 0.695. The topological polar surface area (TPSA) is 79.6 Å². The minimum atomic E-state index is -3.53. The Bertz CT molecular complexity index is 952. The van der Waals surface area contributed by atoms with Gasteiger partial charge in [0.1, 0.15) is 11.5 Å². The van der Waals surface area contributed by atoms with Crippen molar-refractivity contribution in [3.8, 4) is 0 Å². The largest absolute Gasteiger partial charge is 0.455 e. The first-order valence-corrected chi connectivity index (χ1v) is 12.5. The van der Waals surface area contributed by atoms with Crippen LogP contribution in [0.1, 0.15) is 60.9 Å². The standard InChI is InChI=1S/C23H32N2O4S/c1-3-19-10-6-7-15-25(19)16-8-14-24-23(26)21-13-12-20(29-21)17-30(27,28)22-11-5-4-9-18(22)2/h4-5,9,11-13,19H,3,6-8,10,14-17H2,1-2H3,(H,24,26)/t19-/m0/s1. The maximum Gasteiger partial charge on any atom is 0.286 e. The van der Waals surface area contributed by atoms with E-state index in [1.54, 1.807) is 37.3 Å². The average Bonchev–Trinajstić information content (AvgIpc) is 3.19. The fourth-order valence-corrected chi connectivity index (χ4v) is 5.67. The molecule has 0 unspecified atom stereocenters. The van der Waals surface area contributed by atoms with Crippen LogP contribution in [0.15, 0.2) is 45.7 Å². The molecule has 0 aliphatic carbocycles. The van der Waals surface area contributed by atoms with Crippen LogP contribution in [-0.2, 0) is 15.6 Å². The lowest BCUT2D eigenvalue weighted by Gasteiger charge is -2.35. The van der Waals surface area contributed by atoms with Crippen LogP contribution in [0.25, 0.3) is 0 Å². The smallest absolute Gasteiger partial charge is 0.286 e. The van der Waals surface area contributed by atoms with Crippen LogP contribution in [0.5, 0.6) is 0 Å². The van der Waals surface area contributed by atoms with Gasteiger partial charge in [-0.3, -0.25) is 4.79 Å². The van der Waals surface area contributed by atoms with Gasteiger partial charge in [-0.1, -0.05) is 31.5 Å². The van der Waals surface area contributed by atoms with Crippen molar-refractivity contribution in [3.63, 3.8) is 0 Å². The van der Waals surface area contributed by atoms with Gasteiger partial charge in [0, 0.05) is 19.1 Å². The van der Waals surface area contributed by atoms with Gasteiger partial charge in [0.15, 0.2) is 15.6 Å². The molecule has 7 heteroatoms. The van der Waals surface area contributed by atoms with E-state index in [4.69, 9.17) is 4.42 Å². The molecule has 3 rings (SSSR count). The highest BCUT2D eigenvalue weighted by atomic mass is 32.2. The SMILES string of the molecule is CC[C@H]1CCCCN1CCCNC(=O)c1ccc(CS(=O)(=O)c2ccccc2C)o1. The molecule has 0 saturated carbocycles. The number of aryl methyl sites for hydroxylation is 1. The van der Waals surface area contributed by atoms with E-state index in [0.29, 0.717) is 18.2 Å². The van der Waals surface area contributed by atoms with Crippen LogP contribution >= 0.6 is 0 Å². The van der Waals surface area contributed by atoms with Crippen molar-refractivity contribution in [2.24, 2.45) is 0 Å². The van der Waals surface area contributed by atoms with E-state index >= 15 is 0 Å². The number of likely N-dealkylation sites (tertiary alicyclic amines) is 1. The van der Waals surface area contributed by atoms with Crippen molar-refractivity contribution < 1.29 is 17.6 Å². The first-order chi connectivity index (χ1) is 14.4. The van der Waals surface area contributed by atoms with Gasteiger partial charge in [0.2, 0.25) is 0 Å². The van der Waals surface area contributed by atoms with Crippen molar-refractivity contribution >= 4 is 15.7 Å². The molecule has 1 aliphatic heterocycles. The number of amides is 1. The predicted molar refractivity (Wildman–Crippen MR) is 117 cm³/mol. The van der Waals surface area contributed by atoms with Crippen molar-refractivity contribution in [1.82, 2.24) is 10.2 Å². The molecule has 0 radical (unpaired) electrons. The van der Waals surface area contributed by atoms with Crippen LogP contribution in [0.2, 0.25) is 0 Å². The summed E-state index contributed by atoms with van der Waals surface area (Å²) in [4.78, 5) is 15.2. The number of nitrogens with one attached hydrogen (secondary N) is 1. The Labute approximate surface area is 179 Å². The summed E-state index contributed by atoms with van der Waals surface area (Å²) >= 11 is 0. The number of carbonyl (C=O) groups excluding carboxylic acids is 1. The Kier molecular flexibility index (Phi) is 7.72. The molecule has 1 fully saturated rings. The van der Waals surface area contributed by atoms with Gasteiger partial charge in [-0.2, -0.15) is 0 Å². The molecule has 0 bridgehead atoms. The monoisotopic (exact) mass is 432 g/mol. The highest BCUT2D eigenvalue weighted by Crippen LogP contribution is 2.21. The van der Waals surface area contributed by atoms with E-state index < -0.39 is 9.84 Å². The summed E-state index contributed by atoms with van der Waals surface area (Å²) in [6.45, 7) is 6.70. The predicted octanol–water partition coefficient (Wildman–Crippen LogP) is 3.95. The third-order valence-electron chi connectivity index (χ3n) is 5.77. The minimum absolute atomic E-state index is 0.148. The number of nitrogens with zero attached hydrogens (tertiary/aromatic N) is 1. The van der Waals surface area contributed by atoms with Gasteiger partial charge in [-0.25, -0.2) is 8.42 Å². The molecule has 0 spiro atoms. The fraction of sp³-hybridized carbons (Fsp3) is 0.522. The van der Waals surface area contributed by atoms with E-state index in [-0.39, 0.29) is 28.1 Å². The van der Waals surface area contributed by atoms with Crippen LogP contribution < -0.4 is 5.32 Å². The molecule has 1 aromatic carbocycles. The summed E-state index contributed by atoms with van der Waals surface area (Å²) in [5.74, 6) is -0.157. The third kappa shape index (κ3) is 5.73. The molecule has 1 amide bonds. The van der Waals surface area contributed by atoms with Crippen LogP contribution in [0.4, 0.5) is 0 Å². The molecule has 2 aromatic rings. The van der Waals surface area contributed by atoms with E-state index in [9.17, 15) is 13.2 Å². The second-order valence-electron chi connectivity index (χ2n) is 7.99. The van der Waals surface area contributed by atoms with Crippen molar-refractivity contribution in [2.45, 2.75) is 62.6 Å². The molecule has 6 nitrogen and oxygen atoms in total. The molecule has 1 saturated heterocycles. The summed E-state index contributed by atoms with van der Waals surface area (Å²) in [7, 11) is -3.53. The van der Waals surface area contributed by atoms with Crippen LogP contribution in [0.3, 0.4) is 0 Å². The Morgan fingerprint density at radius 2 is 2.00 bits per heavy atom. The molecule has 1 atom stereocenters. The van der Waals surface area contributed by atoms with Gasteiger partial charge in [0.25, 0.3) is 5.91 Å². The minimum Gasteiger partial charge on any atom is -0.455 e.